The van der Waals surface area contributed by atoms with Crippen LogP contribution in [-0.2, 0) is 6.54 Å². The Morgan fingerprint density at radius 2 is 1.90 bits per heavy atom. The topological polar surface area (TPSA) is 19.6 Å². The van der Waals surface area contributed by atoms with E-state index in [9.17, 15) is 0 Å². The van der Waals surface area contributed by atoms with E-state index >= 15 is 0 Å². The monoisotopic (exact) mass is 276 g/mol. The van der Waals surface area contributed by atoms with Gasteiger partial charge in [0.15, 0.2) is 0 Å². The molecular formula is C17H28N2O. The maximum Gasteiger partial charge on any atom is 0.117 e. The van der Waals surface area contributed by atoms with E-state index in [0.717, 1.165) is 18.3 Å². The molecular weight excluding hydrogens is 248 g/mol. The first kappa shape index (κ1) is 14.2. The lowest BCUT2D eigenvalue weighted by molar-refractivity contribution is 0.123. The second kappa shape index (κ2) is 7.28. The van der Waals surface area contributed by atoms with Crippen LogP contribution in [0.3, 0.4) is 0 Å². The third-order valence-corrected chi connectivity index (χ3v) is 4.93. The van der Waals surface area contributed by atoms with E-state index in [1.165, 1.54) is 71.1 Å². The molecule has 0 atom stereocenters. The van der Waals surface area contributed by atoms with Crippen molar-refractivity contribution in [3.05, 3.63) is 24.2 Å². The zero-order chi connectivity index (χ0) is 13.6. The summed E-state index contributed by atoms with van der Waals surface area (Å²) in [5.74, 6) is 1.12. The molecule has 0 unspecified atom stereocenters. The van der Waals surface area contributed by atoms with Gasteiger partial charge in [-0.1, -0.05) is 19.3 Å². The lowest BCUT2D eigenvalue weighted by Crippen LogP contribution is -2.41. The number of nitrogens with zero attached hydrogens (tertiary/aromatic N) is 2. The molecule has 2 fully saturated rings. The molecule has 1 aromatic rings. The Kier molecular flexibility index (Phi) is 5.15. The Morgan fingerprint density at radius 1 is 1.10 bits per heavy atom. The van der Waals surface area contributed by atoms with Crippen molar-refractivity contribution in [3.63, 3.8) is 0 Å². The Labute approximate surface area is 122 Å². The van der Waals surface area contributed by atoms with E-state index in [0.29, 0.717) is 0 Å². The van der Waals surface area contributed by atoms with E-state index in [4.69, 9.17) is 4.42 Å². The van der Waals surface area contributed by atoms with Crippen LogP contribution in [0.15, 0.2) is 22.8 Å². The first-order valence-corrected chi connectivity index (χ1v) is 8.40. The number of rotatable bonds is 6. The molecule has 0 bridgehead atoms. The van der Waals surface area contributed by atoms with Crippen molar-refractivity contribution >= 4 is 0 Å². The van der Waals surface area contributed by atoms with Gasteiger partial charge in [0, 0.05) is 19.1 Å². The summed E-state index contributed by atoms with van der Waals surface area (Å²) in [5, 5.41) is 0. The minimum Gasteiger partial charge on any atom is -0.468 e. The first-order chi connectivity index (χ1) is 9.92. The molecule has 0 aromatic carbocycles. The zero-order valence-electron chi connectivity index (χ0n) is 12.6. The molecule has 0 spiro atoms. The van der Waals surface area contributed by atoms with Crippen molar-refractivity contribution in [2.75, 3.05) is 26.2 Å². The Balaban J connectivity index is 1.56. The van der Waals surface area contributed by atoms with Crippen LogP contribution in [-0.4, -0.2) is 42.0 Å². The highest BCUT2D eigenvalue weighted by atomic mass is 16.3. The average molecular weight is 276 g/mol. The molecule has 3 heteroatoms. The number of furan rings is 1. The van der Waals surface area contributed by atoms with Crippen LogP contribution < -0.4 is 0 Å². The summed E-state index contributed by atoms with van der Waals surface area (Å²) in [4.78, 5) is 5.30. The van der Waals surface area contributed by atoms with Gasteiger partial charge in [0.25, 0.3) is 0 Å². The molecule has 1 saturated heterocycles. The lowest BCUT2D eigenvalue weighted by Gasteiger charge is -2.34. The Hall–Kier alpha value is -0.800. The highest BCUT2D eigenvalue weighted by Crippen LogP contribution is 2.24. The second-order valence-corrected chi connectivity index (χ2v) is 6.39. The van der Waals surface area contributed by atoms with Crippen LogP contribution in [0.1, 0.15) is 50.7 Å². The smallest absolute Gasteiger partial charge is 0.117 e. The summed E-state index contributed by atoms with van der Waals surface area (Å²) in [6.45, 7) is 6.03. The van der Waals surface area contributed by atoms with Gasteiger partial charge in [-0.2, -0.15) is 0 Å². The maximum atomic E-state index is 5.57. The van der Waals surface area contributed by atoms with Crippen molar-refractivity contribution in [2.24, 2.45) is 0 Å². The number of hydrogen-bond acceptors (Lipinski definition) is 3. The average Bonchev–Trinajstić information content (AvgIpc) is 3.18. The predicted molar refractivity (Wildman–Crippen MR) is 81.7 cm³/mol. The van der Waals surface area contributed by atoms with Gasteiger partial charge in [-0.25, -0.2) is 0 Å². The quantitative estimate of drug-likeness (QED) is 0.792. The van der Waals surface area contributed by atoms with Crippen molar-refractivity contribution in [3.8, 4) is 0 Å². The summed E-state index contributed by atoms with van der Waals surface area (Å²) in [7, 11) is 0. The summed E-state index contributed by atoms with van der Waals surface area (Å²) in [6, 6.07) is 4.90. The fourth-order valence-corrected chi connectivity index (χ4v) is 3.72. The molecule has 1 aromatic heterocycles. The number of hydrogen-bond donors (Lipinski definition) is 0. The van der Waals surface area contributed by atoms with Gasteiger partial charge in [-0.15, -0.1) is 0 Å². The SMILES string of the molecule is c1coc(CN(CCN2CCCC2)C2CCCCC2)c1. The standard InChI is InChI=1S/C17H28N2O/c1-2-7-16(8-3-1)19(15-17-9-6-14-20-17)13-12-18-10-4-5-11-18/h6,9,14,16H,1-5,7-8,10-13,15H2. The van der Waals surface area contributed by atoms with Gasteiger partial charge in [-0.3, -0.25) is 4.90 Å². The molecule has 20 heavy (non-hydrogen) atoms. The van der Waals surface area contributed by atoms with E-state index in [1.807, 2.05) is 6.07 Å². The molecule has 3 nitrogen and oxygen atoms in total. The fraction of sp³-hybridized carbons (Fsp3) is 0.765. The van der Waals surface area contributed by atoms with E-state index in [-0.39, 0.29) is 0 Å². The molecule has 2 aliphatic rings. The third kappa shape index (κ3) is 3.86. The first-order valence-electron chi connectivity index (χ1n) is 8.40. The largest absolute Gasteiger partial charge is 0.468 e. The van der Waals surface area contributed by atoms with Crippen molar-refractivity contribution in [1.82, 2.24) is 9.80 Å². The van der Waals surface area contributed by atoms with Crippen LogP contribution >= 0.6 is 0 Å². The molecule has 3 rings (SSSR count). The van der Waals surface area contributed by atoms with Crippen LogP contribution in [0.5, 0.6) is 0 Å². The van der Waals surface area contributed by atoms with E-state index < -0.39 is 0 Å². The minimum atomic E-state index is 0.774. The summed E-state index contributed by atoms with van der Waals surface area (Å²) in [5.41, 5.74) is 0. The molecule has 0 N–H and O–H groups in total. The van der Waals surface area contributed by atoms with Gasteiger partial charge in [0.1, 0.15) is 5.76 Å². The van der Waals surface area contributed by atoms with Gasteiger partial charge in [0.05, 0.1) is 12.8 Å². The number of likely N-dealkylation sites (tertiary alicyclic amines) is 1. The zero-order valence-corrected chi connectivity index (χ0v) is 12.6. The van der Waals surface area contributed by atoms with Gasteiger partial charge in [0.2, 0.25) is 0 Å². The lowest BCUT2D eigenvalue weighted by atomic mass is 9.94. The summed E-state index contributed by atoms with van der Waals surface area (Å²) < 4.78 is 5.57. The van der Waals surface area contributed by atoms with Crippen LogP contribution in [0, 0.1) is 0 Å². The van der Waals surface area contributed by atoms with Crippen LogP contribution in [0.25, 0.3) is 0 Å². The van der Waals surface area contributed by atoms with Gasteiger partial charge < -0.3 is 9.32 Å². The molecule has 1 aliphatic carbocycles. The van der Waals surface area contributed by atoms with E-state index in [1.54, 1.807) is 6.26 Å². The van der Waals surface area contributed by atoms with Crippen molar-refractivity contribution < 1.29 is 4.42 Å². The molecule has 112 valence electrons. The Morgan fingerprint density at radius 3 is 2.60 bits per heavy atom. The summed E-state index contributed by atoms with van der Waals surface area (Å²) >= 11 is 0. The van der Waals surface area contributed by atoms with Crippen LogP contribution in [0.2, 0.25) is 0 Å². The van der Waals surface area contributed by atoms with Crippen molar-refractivity contribution in [2.45, 2.75) is 57.5 Å². The Bertz CT molecular complexity index is 364. The fourth-order valence-electron chi connectivity index (χ4n) is 3.72. The second-order valence-electron chi connectivity index (χ2n) is 6.39. The predicted octanol–water partition coefficient (Wildman–Crippen LogP) is 3.51. The molecule has 0 radical (unpaired) electrons. The highest BCUT2D eigenvalue weighted by Gasteiger charge is 2.23. The maximum absolute atomic E-state index is 5.57. The molecule has 1 aliphatic heterocycles. The van der Waals surface area contributed by atoms with Crippen LogP contribution in [0.4, 0.5) is 0 Å². The molecule has 1 saturated carbocycles. The third-order valence-electron chi connectivity index (χ3n) is 4.93. The highest BCUT2D eigenvalue weighted by molar-refractivity contribution is 4.98. The van der Waals surface area contributed by atoms with Gasteiger partial charge in [-0.05, 0) is 50.9 Å². The van der Waals surface area contributed by atoms with Gasteiger partial charge >= 0.3 is 0 Å². The minimum absolute atomic E-state index is 0.774. The van der Waals surface area contributed by atoms with Crippen molar-refractivity contribution in [1.29, 1.82) is 0 Å². The normalized spacial score (nSPS) is 21.9. The van der Waals surface area contributed by atoms with E-state index in [2.05, 4.69) is 15.9 Å². The summed E-state index contributed by atoms with van der Waals surface area (Å²) in [6.07, 6.45) is 11.6. The molecule has 0 amide bonds. The molecule has 2 heterocycles.